The first-order chi connectivity index (χ1) is 10.9. The highest BCUT2D eigenvalue weighted by atomic mass is 32.2. The maximum Gasteiger partial charge on any atom is 0.416 e. The average molecular weight is 339 g/mol. The molecule has 2 aliphatic heterocycles. The molecule has 0 unspecified atom stereocenters. The van der Waals surface area contributed by atoms with Gasteiger partial charge in [-0.15, -0.1) is 0 Å². The zero-order valence-electron chi connectivity index (χ0n) is 11.8. The Kier molecular flexibility index (Phi) is 4.16. The molecule has 0 fully saturated rings. The standard InChI is InChI=1S/C15H12F3N3OS/c16-15(17,18)10-3-5-11(6-4-10)19-14(22)12-2-1-7-21-8-9-23-20-13(12)21/h1-7H,8-9H2,(H,19,22). The topological polar surface area (TPSA) is 44.7 Å². The van der Waals surface area contributed by atoms with Crippen molar-refractivity contribution >= 4 is 29.4 Å². The summed E-state index contributed by atoms with van der Waals surface area (Å²) in [4.78, 5) is 14.2. The Bertz CT molecular complexity index is 708. The average Bonchev–Trinajstić information content (AvgIpc) is 2.54. The van der Waals surface area contributed by atoms with Gasteiger partial charge in [0.25, 0.3) is 5.91 Å². The highest BCUT2D eigenvalue weighted by molar-refractivity contribution is 7.98. The van der Waals surface area contributed by atoms with E-state index in [1.165, 1.54) is 24.1 Å². The fourth-order valence-corrected chi connectivity index (χ4v) is 2.88. The number of hydrogen-bond donors (Lipinski definition) is 1. The predicted molar refractivity (Wildman–Crippen MR) is 83.9 cm³/mol. The number of rotatable bonds is 2. The summed E-state index contributed by atoms with van der Waals surface area (Å²) >= 11 is 1.38. The second-order valence-corrected chi connectivity index (χ2v) is 5.74. The molecule has 1 N–H and O–H groups in total. The summed E-state index contributed by atoms with van der Waals surface area (Å²) in [6.45, 7) is 0.755. The van der Waals surface area contributed by atoms with Crippen LogP contribution >= 0.6 is 11.9 Å². The normalized spacial score (nSPS) is 17.3. The van der Waals surface area contributed by atoms with E-state index in [2.05, 4.69) is 9.71 Å². The third kappa shape index (κ3) is 3.42. The smallest absolute Gasteiger partial charge is 0.331 e. The van der Waals surface area contributed by atoms with Gasteiger partial charge < -0.3 is 10.2 Å². The van der Waals surface area contributed by atoms with Gasteiger partial charge in [-0.3, -0.25) is 4.79 Å². The molecule has 0 radical (unpaired) electrons. The van der Waals surface area contributed by atoms with E-state index in [4.69, 9.17) is 0 Å². The van der Waals surface area contributed by atoms with E-state index >= 15 is 0 Å². The van der Waals surface area contributed by atoms with Gasteiger partial charge in [0, 0.05) is 24.2 Å². The summed E-state index contributed by atoms with van der Waals surface area (Å²) in [5, 5.41) is 2.60. The van der Waals surface area contributed by atoms with Gasteiger partial charge in [-0.1, -0.05) is 0 Å². The fraction of sp³-hybridized carbons (Fsp3) is 0.200. The molecule has 23 heavy (non-hydrogen) atoms. The van der Waals surface area contributed by atoms with Crippen molar-refractivity contribution in [2.75, 3.05) is 17.6 Å². The van der Waals surface area contributed by atoms with Gasteiger partial charge in [-0.05, 0) is 48.4 Å². The molecule has 0 saturated heterocycles. The molecule has 0 atom stereocenters. The largest absolute Gasteiger partial charge is 0.416 e. The number of carbonyl (C=O) groups is 1. The highest BCUT2D eigenvalue weighted by Gasteiger charge is 2.30. The number of amidine groups is 1. The van der Waals surface area contributed by atoms with Crippen LogP contribution in [0.3, 0.4) is 0 Å². The second-order valence-electron chi connectivity index (χ2n) is 4.89. The molecule has 1 amide bonds. The lowest BCUT2D eigenvalue weighted by molar-refractivity contribution is -0.137. The molecule has 2 aliphatic rings. The predicted octanol–water partition coefficient (Wildman–Crippen LogP) is 3.46. The number of nitrogens with zero attached hydrogens (tertiary/aromatic N) is 2. The minimum absolute atomic E-state index is 0.300. The van der Waals surface area contributed by atoms with Crippen LogP contribution in [0.2, 0.25) is 0 Å². The van der Waals surface area contributed by atoms with Gasteiger partial charge in [0.15, 0.2) is 5.84 Å². The minimum atomic E-state index is -4.40. The molecule has 1 aromatic carbocycles. The van der Waals surface area contributed by atoms with E-state index in [-0.39, 0.29) is 0 Å². The van der Waals surface area contributed by atoms with Gasteiger partial charge in [-0.2, -0.15) is 17.6 Å². The van der Waals surface area contributed by atoms with Crippen LogP contribution in [0.15, 0.2) is 52.6 Å². The molecule has 1 aromatic rings. The molecule has 0 saturated carbocycles. The number of nitrogens with one attached hydrogen (secondary N) is 1. The van der Waals surface area contributed by atoms with Gasteiger partial charge in [0.2, 0.25) is 0 Å². The summed E-state index contributed by atoms with van der Waals surface area (Å²) in [6, 6.07) is 4.33. The van der Waals surface area contributed by atoms with E-state index in [1.807, 2.05) is 11.1 Å². The van der Waals surface area contributed by atoms with Crippen molar-refractivity contribution < 1.29 is 18.0 Å². The van der Waals surface area contributed by atoms with Gasteiger partial charge in [-0.25, -0.2) is 0 Å². The van der Waals surface area contributed by atoms with E-state index in [9.17, 15) is 18.0 Å². The number of hydrogen-bond acceptors (Lipinski definition) is 4. The molecular formula is C15H12F3N3OS. The van der Waals surface area contributed by atoms with Crippen LogP contribution in [-0.2, 0) is 11.0 Å². The molecule has 0 aliphatic carbocycles. The lowest BCUT2D eigenvalue weighted by Gasteiger charge is -2.28. The third-order valence-corrected chi connectivity index (χ3v) is 4.00. The van der Waals surface area contributed by atoms with Gasteiger partial charge in [0.05, 0.1) is 11.1 Å². The molecule has 2 heterocycles. The maximum absolute atomic E-state index is 12.5. The molecule has 3 rings (SSSR count). The molecule has 4 nitrogen and oxygen atoms in total. The number of halogens is 3. The van der Waals surface area contributed by atoms with Crippen molar-refractivity contribution in [3.63, 3.8) is 0 Å². The van der Waals surface area contributed by atoms with E-state index in [0.29, 0.717) is 17.1 Å². The summed E-state index contributed by atoms with van der Waals surface area (Å²) in [5.41, 5.74) is -0.0665. The number of anilines is 1. The summed E-state index contributed by atoms with van der Waals surface area (Å²) < 4.78 is 41.9. The van der Waals surface area contributed by atoms with Gasteiger partial charge >= 0.3 is 6.18 Å². The number of amides is 1. The van der Waals surface area contributed by atoms with Crippen molar-refractivity contribution in [3.05, 3.63) is 53.8 Å². The molecule has 8 heteroatoms. The Labute approximate surface area is 134 Å². The minimum Gasteiger partial charge on any atom is -0.331 e. The maximum atomic E-state index is 12.5. The first kappa shape index (κ1) is 15.7. The molecule has 0 aromatic heterocycles. The summed E-state index contributed by atoms with van der Waals surface area (Å²) in [6.07, 6.45) is 0.832. The van der Waals surface area contributed by atoms with Crippen LogP contribution in [0, 0.1) is 0 Å². The zero-order chi connectivity index (χ0) is 16.4. The van der Waals surface area contributed by atoms with Crippen LogP contribution in [-0.4, -0.2) is 28.9 Å². The Morgan fingerprint density at radius 3 is 2.70 bits per heavy atom. The first-order valence-electron chi connectivity index (χ1n) is 6.79. The van der Waals surface area contributed by atoms with Crippen molar-refractivity contribution in [2.45, 2.75) is 6.18 Å². The summed E-state index contributed by atoms with van der Waals surface area (Å²) in [5.74, 6) is 0.996. The Hall–Kier alpha value is -2.22. The Morgan fingerprint density at radius 1 is 1.26 bits per heavy atom. The summed E-state index contributed by atoms with van der Waals surface area (Å²) in [7, 11) is 0. The molecule has 120 valence electrons. The second kappa shape index (κ2) is 6.11. The quantitative estimate of drug-likeness (QED) is 0.840. The Balaban J connectivity index is 1.75. The van der Waals surface area contributed by atoms with Crippen LogP contribution < -0.4 is 5.32 Å². The number of carbonyl (C=O) groups excluding carboxylic acids is 1. The SMILES string of the molecule is O=C(Nc1ccc(C(F)(F)F)cc1)C1=CC=CN2CCSN=C12. The van der Waals surface area contributed by atoms with E-state index in [1.54, 1.807) is 12.2 Å². The lowest BCUT2D eigenvalue weighted by Crippen LogP contribution is -2.37. The van der Waals surface area contributed by atoms with Crippen LogP contribution in [0.4, 0.5) is 18.9 Å². The fourth-order valence-electron chi connectivity index (χ4n) is 2.19. The Morgan fingerprint density at radius 2 is 2.00 bits per heavy atom. The third-order valence-electron chi connectivity index (χ3n) is 3.33. The number of fused-ring (bicyclic) bond motifs is 1. The number of allylic oxidation sites excluding steroid dienone is 2. The lowest BCUT2D eigenvalue weighted by atomic mass is 10.1. The first-order valence-corrected chi connectivity index (χ1v) is 7.73. The van der Waals surface area contributed by atoms with E-state index in [0.717, 1.165) is 24.4 Å². The van der Waals surface area contributed by atoms with E-state index < -0.39 is 17.6 Å². The van der Waals surface area contributed by atoms with Crippen LogP contribution in [0.1, 0.15) is 5.56 Å². The molecular weight excluding hydrogens is 327 g/mol. The van der Waals surface area contributed by atoms with Crippen molar-refractivity contribution in [2.24, 2.45) is 4.40 Å². The molecule has 0 spiro atoms. The van der Waals surface area contributed by atoms with Crippen molar-refractivity contribution in [1.82, 2.24) is 4.90 Å². The van der Waals surface area contributed by atoms with Crippen LogP contribution in [0.5, 0.6) is 0 Å². The monoisotopic (exact) mass is 339 g/mol. The van der Waals surface area contributed by atoms with Crippen molar-refractivity contribution in [3.8, 4) is 0 Å². The zero-order valence-corrected chi connectivity index (χ0v) is 12.6. The number of benzene rings is 1. The van der Waals surface area contributed by atoms with Crippen molar-refractivity contribution in [1.29, 1.82) is 0 Å². The number of alkyl halides is 3. The van der Waals surface area contributed by atoms with Gasteiger partial charge in [0.1, 0.15) is 0 Å². The van der Waals surface area contributed by atoms with Crippen LogP contribution in [0.25, 0.3) is 0 Å². The molecule has 0 bridgehead atoms. The highest BCUT2D eigenvalue weighted by Crippen LogP contribution is 2.30.